The topological polar surface area (TPSA) is 38.5 Å². The first-order valence-electron chi connectivity index (χ1n) is 7.31. The van der Waals surface area contributed by atoms with Crippen molar-refractivity contribution in [2.45, 2.75) is 51.2 Å². The largest absolute Gasteiger partial charge is 0.497 e. The van der Waals surface area contributed by atoms with Crippen molar-refractivity contribution in [1.82, 2.24) is 4.90 Å². The fraction of sp³-hybridized carbons (Fsp3) is 0.625. The second kappa shape index (κ2) is 6.40. The van der Waals surface area contributed by atoms with Crippen LogP contribution < -0.4 is 10.5 Å². The van der Waals surface area contributed by atoms with Crippen molar-refractivity contribution in [3.05, 3.63) is 29.8 Å². The molecular weight excluding hydrogens is 236 g/mol. The van der Waals surface area contributed by atoms with Gasteiger partial charge < -0.3 is 10.5 Å². The first kappa shape index (κ1) is 14.4. The number of ether oxygens (including phenoxy) is 1. The molecule has 1 aromatic carbocycles. The number of hydrogen-bond donors (Lipinski definition) is 1. The van der Waals surface area contributed by atoms with E-state index in [0.29, 0.717) is 18.1 Å². The van der Waals surface area contributed by atoms with E-state index in [-0.39, 0.29) is 0 Å². The highest BCUT2D eigenvalue weighted by molar-refractivity contribution is 5.29. The summed E-state index contributed by atoms with van der Waals surface area (Å²) in [7, 11) is 1.71. The molecule has 3 heteroatoms. The summed E-state index contributed by atoms with van der Waals surface area (Å²) in [5, 5.41) is 0. The minimum absolute atomic E-state index is 0.375. The van der Waals surface area contributed by atoms with Crippen LogP contribution in [0.2, 0.25) is 0 Å². The maximum absolute atomic E-state index is 6.06. The Morgan fingerprint density at radius 1 is 1.37 bits per heavy atom. The van der Waals surface area contributed by atoms with E-state index in [1.54, 1.807) is 7.11 Å². The van der Waals surface area contributed by atoms with Gasteiger partial charge in [-0.2, -0.15) is 0 Å². The molecule has 3 unspecified atom stereocenters. The van der Waals surface area contributed by atoms with E-state index in [1.807, 2.05) is 0 Å². The molecule has 1 aromatic rings. The number of nitrogens with two attached hydrogens (primary N) is 1. The van der Waals surface area contributed by atoms with Crippen LogP contribution in [0.1, 0.15) is 44.7 Å². The van der Waals surface area contributed by atoms with Gasteiger partial charge in [-0.3, -0.25) is 4.90 Å². The molecule has 19 heavy (non-hydrogen) atoms. The standard InChI is InChI=1S/C16H26N2O/c1-4-16(13-5-7-15(19-3)8-6-13)18-10-9-14(17)11-12(18)2/h5-8,12,14,16H,4,9-11,17H2,1-3H3. The summed E-state index contributed by atoms with van der Waals surface area (Å²) in [5.41, 5.74) is 7.44. The molecule has 1 aliphatic rings. The normalized spacial score (nSPS) is 26.1. The number of rotatable bonds is 4. The fourth-order valence-electron chi connectivity index (χ4n) is 3.18. The molecule has 1 fully saturated rings. The summed E-state index contributed by atoms with van der Waals surface area (Å²) >= 11 is 0. The van der Waals surface area contributed by atoms with Gasteiger partial charge in [-0.25, -0.2) is 0 Å². The van der Waals surface area contributed by atoms with Crippen molar-refractivity contribution in [1.29, 1.82) is 0 Å². The summed E-state index contributed by atoms with van der Waals surface area (Å²) in [6, 6.07) is 9.92. The molecule has 1 saturated heterocycles. The number of benzene rings is 1. The van der Waals surface area contributed by atoms with E-state index in [4.69, 9.17) is 10.5 Å². The van der Waals surface area contributed by atoms with E-state index < -0.39 is 0 Å². The van der Waals surface area contributed by atoms with Gasteiger partial charge in [-0.15, -0.1) is 0 Å². The monoisotopic (exact) mass is 262 g/mol. The molecule has 1 aliphatic heterocycles. The zero-order valence-electron chi connectivity index (χ0n) is 12.3. The van der Waals surface area contributed by atoms with Crippen LogP contribution in [0.5, 0.6) is 5.75 Å². The van der Waals surface area contributed by atoms with Crippen LogP contribution in [-0.4, -0.2) is 30.6 Å². The SMILES string of the molecule is CCC(c1ccc(OC)cc1)N1CCC(N)CC1C. The van der Waals surface area contributed by atoms with Crippen molar-refractivity contribution in [2.24, 2.45) is 5.73 Å². The Kier molecular flexibility index (Phi) is 4.83. The zero-order valence-corrected chi connectivity index (χ0v) is 12.3. The summed E-state index contributed by atoms with van der Waals surface area (Å²) in [4.78, 5) is 2.60. The van der Waals surface area contributed by atoms with Crippen LogP contribution in [0.4, 0.5) is 0 Å². The first-order valence-corrected chi connectivity index (χ1v) is 7.31. The van der Waals surface area contributed by atoms with Gasteiger partial charge in [-0.1, -0.05) is 19.1 Å². The predicted octanol–water partition coefficient (Wildman–Crippen LogP) is 2.96. The maximum atomic E-state index is 6.06. The summed E-state index contributed by atoms with van der Waals surface area (Å²) < 4.78 is 5.23. The quantitative estimate of drug-likeness (QED) is 0.906. The lowest BCUT2D eigenvalue weighted by Crippen LogP contribution is -2.46. The van der Waals surface area contributed by atoms with Gasteiger partial charge in [-0.05, 0) is 43.9 Å². The Bertz CT molecular complexity index is 390. The van der Waals surface area contributed by atoms with Gasteiger partial charge in [0.25, 0.3) is 0 Å². The van der Waals surface area contributed by atoms with Crippen LogP contribution in [0, 0.1) is 0 Å². The smallest absolute Gasteiger partial charge is 0.118 e. The highest BCUT2D eigenvalue weighted by Crippen LogP contribution is 2.31. The fourth-order valence-corrected chi connectivity index (χ4v) is 3.18. The lowest BCUT2D eigenvalue weighted by atomic mass is 9.93. The van der Waals surface area contributed by atoms with Gasteiger partial charge in [0.2, 0.25) is 0 Å². The van der Waals surface area contributed by atoms with E-state index in [2.05, 4.69) is 43.0 Å². The highest BCUT2D eigenvalue weighted by atomic mass is 16.5. The van der Waals surface area contributed by atoms with E-state index in [1.165, 1.54) is 5.56 Å². The number of piperidine rings is 1. The van der Waals surface area contributed by atoms with Crippen molar-refractivity contribution < 1.29 is 4.74 Å². The molecule has 2 N–H and O–H groups in total. The van der Waals surface area contributed by atoms with Gasteiger partial charge >= 0.3 is 0 Å². The summed E-state index contributed by atoms with van der Waals surface area (Å²) in [6.45, 7) is 5.66. The molecule has 0 saturated carbocycles. The highest BCUT2D eigenvalue weighted by Gasteiger charge is 2.28. The average molecular weight is 262 g/mol. The van der Waals surface area contributed by atoms with E-state index >= 15 is 0 Å². The number of likely N-dealkylation sites (tertiary alicyclic amines) is 1. The third-order valence-corrected chi connectivity index (χ3v) is 4.26. The molecule has 0 aromatic heterocycles. The van der Waals surface area contributed by atoms with E-state index in [0.717, 1.165) is 31.6 Å². The third-order valence-electron chi connectivity index (χ3n) is 4.26. The van der Waals surface area contributed by atoms with Crippen LogP contribution in [0.25, 0.3) is 0 Å². The second-order valence-corrected chi connectivity index (χ2v) is 5.57. The molecule has 3 atom stereocenters. The van der Waals surface area contributed by atoms with Gasteiger partial charge in [0.1, 0.15) is 5.75 Å². The molecule has 0 bridgehead atoms. The van der Waals surface area contributed by atoms with Crippen molar-refractivity contribution in [3.8, 4) is 5.75 Å². The molecule has 0 amide bonds. The molecule has 0 aliphatic carbocycles. The molecule has 3 nitrogen and oxygen atoms in total. The van der Waals surface area contributed by atoms with Gasteiger partial charge in [0.15, 0.2) is 0 Å². The average Bonchev–Trinajstić information content (AvgIpc) is 2.42. The maximum Gasteiger partial charge on any atom is 0.118 e. The molecule has 106 valence electrons. The first-order chi connectivity index (χ1) is 9.15. The van der Waals surface area contributed by atoms with Crippen LogP contribution in [-0.2, 0) is 0 Å². The zero-order chi connectivity index (χ0) is 13.8. The molecular formula is C16H26N2O. The van der Waals surface area contributed by atoms with Crippen LogP contribution in [0.15, 0.2) is 24.3 Å². The minimum Gasteiger partial charge on any atom is -0.497 e. The summed E-state index contributed by atoms with van der Waals surface area (Å²) in [5.74, 6) is 0.923. The second-order valence-electron chi connectivity index (χ2n) is 5.57. The summed E-state index contributed by atoms with van der Waals surface area (Å²) in [6.07, 6.45) is 3.34. The van der Waals surface area contributed by atoms with Crippen LogP contribution >= 0.6 is 0 Å². The Balaban J connectivity index is 2.14. The van der Waals surface area contributed by atoms with Crippen LogP contribution in [0.3, 0.4) is 0 Å². The van der Waals surface area contributed by atoms with Gasteiger partial charge in [0, 0.05) is 24.7 Å². The Morgan fingerprint density at radius 3 is 2.58 bits per heavy atom. The van der Waals surface area contributed by atoms with Crippen molar-refractivity contribution in [2.75, 3.05) is 13.7 Å². The Morgan fingerprint density at radius 2 is 2.05 bits per heavy atom. The third kappa shape index (κ3) is 3.28. The molecule has 0 radical (unpaired) electrons. The number of methoxy groups -OCH3 is 1. The number of hydrogen-bond acceptors (Lipinski definition) is 3. The molecule has 2 rings (SSSR count). The molecule has 1 heterocycles. The van der Waals surface area contributed by atoms with Crippen molar-refractivity contribution >= 4 is 0 Å². The van der Waals surface area contributed by atoms with Gasteiger partial charge in [0.05, 0.1) is 7.11 Å². The lowest BCUT2D eigenvalue weighted by molar-refractivity contribution is 0.0928. The molecule has 0 spiro atoms. The van der Waals surface area contributed by atoms with Crippen molar-refractivity contribution in [3.63, 3.8) is 0 Å². The Labute approximate surface area is 116 Å². The predicted molar refractivity (Wildman–Crippen MR) is 79.4 cm³/mol. The minimum atomic E-state index is 0.375. The van der Waals surface area contributed by atoms with E-state index in [9.17, 15) is 0 Å². The number of nitrogens with zero attached hydrogens (tertiary/aromatic N) is 1. The Hall–Kier alpha value is -1.06. The lowest BCUT2D eigenvalue weighted by Gasteiger charge is -2.41.